The minimum absolute atomic E-state index is 0. The first-order valence-corrected chi connectivity index (χ1v) is 9.28. The summed E-state index contributed by atoms with van der Waals surface area (Å²) in [6.45, 7) is 17.9. The smallest absolute Gasteiger partial charge is 0.245 e. The van der Waals surface area contributed by atoms with E-state index in [2.05, 4.69) is 95.5 Å². The quantitative estimate of drug-likeness (QED) is 0.736. The summed E-state index contributed by atoms with van der Waals surface area (Å²) < 4.78 is 2.47. The van der Waals surface area contributed by atoms with Gasteiger partial charge in [-0.1, -0.05) is 35.4 Å². The Hall–Kier alpha value is -1.80. The number of hydrogen-bond acceptors (Lipinski definition) is 1. The maximum atomic E-state index is 2.47. The number of anilines is 1. The molecule has 2 aromatic rings. The molecule has 0 fully saturated rings. The molecule has 0 radical (unpaired) electrons. The number of halogens is 1. The molecule has 3 heteroatoms. The monoisotopic (exact) mass is 370 g/mol. The second-order valence-electron chi connectivity index (χ2n) is 7.91. The fourth-order valence-corrected chi connectivity index (χ4v) is 4.49. The average molecular weight is 371 g/mol. The molecular weight excluding hydrogens is 340 g/mol. The number of benzene rings is 2. The molecule has 0 saturated heterocycles. The molecule has 2 nitrogen and oxygen atoms in total. The number of hydrogen-bond donors (Lipinski definition) is 0. The van der Waals surface area contributed by atoms with Crippen molar-refractivity contribution in [3.05, 3.63) is 57.6 Å². The van der Waals surface area contributed by atoms with E-state index in [-0.39, 0.29) is 12.4 Å². The zero-order valence-corrected chi connectivity index (χ0v) is 18.1. The van der Waals surface area contributed by atoms with Crippen LogP contribution in [0.5, 0.6) is 0 Å². The van der Waals surface area contributed by atoms with Crippen LogP contribution in [0.25, 0.3) is 0 Å². The Bertz CT molecular complexity index is 820. The Labute approximate surface area is 165 Å². The first-order valence-electron chi connectivity index (χ1n) is 9.28. The van der Waals surface area contributed by atoms with Crippen molar-refractivity contribution in [3.63, 3.8) is 0 Å². The third kappa shape index (κ3) is 3.40. The first kappa shape index (κ1) is 20.5. The Morgan fingerprint density at radius 3 is 1.62 bits per heavy atom. The summed E-state index contributed by atoms with van der Waals surface area (Å²) in [6, 6.07) is 10.0. The predicted octanol–water partition coefficient (Wildman–Crippen LogP) is 2.51. The fraction of sp³-hybridized carbons (Fsp3) is 0.435. The minimum atomic E-state index is 0. The molecule has 1 heterocycles. The summed E-state index contributed by atoms with van der Waals surface area (Å²) in [4.78, 5) is 2.47. The number of aryl methyl sites for hydroxylation is 6. The maximum Gasteiger partial charge on any atom is 0.245 e. The molecule has 0 aliphatic carbocycles. The van der Waals surface area contributed by atoms with E-state index in [4.69, 9.17) is 0 Å². The van der Waals surface area contributed by atoms with E-state index < -0.39 is 0 Å². The van der Waals surface area contributed by atoms with E-state index in [0.717, 1.165) is 0 Å². The molecule has 0 aromatic heterocycles. The molecule has 3 rings (SSSR count). The standard InChI is InChI=1S/C23H31N2.ClH/c1-14-9-16(3)22(17(4)10-14)24-13-25(21(8)20(24)7)23-18(5)11-15(2)12-19(23)6;/h9-13,20-21H,1-8H3;1H/q+1;/p-1/t20-,21-;/m1./s1. The molecule has 0 bridgehead atoms. The van der Waals surface area contributed by atoms with Crippen LogP contribution in [0.3, 0.4) is 0 Å². The van der Waals surface area contributed by atoms with Gasteiger partial charge >= 0.3 is 0 Å². The Kier molecular flexibility index (Phi) is 5.87. The minimum Gasteiger partial charge on any atom is -1.00 e. The van der Waals surface area contributed by atoms with Gasteiger partial charge in [-0.05, 0) is 77.6 Å². The third-order valence-electron chi connectivity index (χ3n) is 5.61. The molecule has 0 spiro atoms. The van der Waals surface area contributed by atoms with Crippen LogP contribution in [0.2, 0.25) is 0 Å². The van der Waals surface area contributed by atoms with Crippen LogP contribution >= 0.6 is 0 Å². The highest BCUT2D eigenvalue weighted by atomic mass is 35.5. The van der Waals surface area contributed by atoms with E-state index in [9.17, 15) is 0 Å². The van der Waals surface area contributed by atoms with Crippen molar-refractivity contribution in [2.45, 2.75) is 67.5 Å². The lowest BCUT2D eigenvalue weighted by Gasteiger charge is -2.20. The number of rotatable bonds is 2. The second kappa shape index (κ2) is 7.44. The summed E-state index contributed by atoms with van der Waals surface area (Å²) in [6.07, 6.45) is 2.32. The van der Waals surface area contributed by atoms with Crippen LogP contribution in [0, 0.1) is 41.5 Å². The number of nitrogens with zero attached hydrogens (tertiary/aromatic N) is 2. The molecule has 1 aliphatic rings. The molecule has 0 unspecified atom stereocenters. The van der Waals surface area contributed by atoms with Crippen molar-refractivity contribution < 1.29 is 17.0 Å². The highest BCUT2D eigenvalue weighted by Gasteiger charge is 2.39. The van der Waals surface area contributed by atoms with Gasteiger partial charge in [0, 0.05) is 0 Å². The largest absolute Gasteiger partial charge is 1.00 e. The normalized spacial score (nSPS) is 19.4. The van der Waals surface area contributed by atoms with Crippen LogP contribution in [-0.2, 0) is 0 Å². The summed E-state index contributed by atoms with van der Waals surface area (Å²) in [5.41, 5.74) is 10.8. The van der Waals surface area contributed by atoms with Crippen molar-refractivity contribution in [1.29, 1.82) is 0 Å². The van der Waals surface area contributed by atoms with Gasteiger partial charge in [0.15, 0.2) is 0 Å². The predicted molar refractivity (Wildman–Crippen MR) is 109 cm³/mol. The van der Waals surface area contributed by atoms with Crippen molar-refractivity contribution >= 4 is 17.7 Å². The topological polar surface area (TPSA) is 6.25 Å². The van der Waals surface area contributed by atoms with Gasteiger partial charge in [-0.3, -0.25) is 0 Å². The van der Waals surface area contributed by atoms with Gasteiger partial charge in [-0.2, -0.15) is 0 Å². The lowest BCUT2D eigenvalue weighted by Crippen LogP contribution is -3.00. The second-order valence-corrected chi connectivity index (χ2v) is 7.91. The molecular formula is C23H31ClN2. The fourth-order valence-electron chi connectivity index (χ4n) is 4.49. The van der Waals surface area contributed by atoms with Crippen molar-refractivity contribution in [1.82, 2.24) is 0 Å². The maximum absolute atomic E-state index is 2.47. The van der Waals surface area contributed by atoms with Gasteiger partial charge in [0.1, 0.15) is 23.5 Å². The van der Waals surface area contributed by atoms with Gasteiger partial charge in [0.25, 0.3) is 0 Å². The van der Waals surface area contributed by atoms with Crippen LogP contribution in [-0.4, -0.2) is 23.0 Å². The molecule has 0 saturated carbocycles. The van der Waals surface area contributed by atoms with E-state index >= 15 is 0 Å². The molecule has 2 atom stereocenters. The lowest BCUT2D eigenvalue weighted by molar-refractivity contribution is -0.469. The van der Waals surface area contributed by atoms with Gasteiger partial charge in [-0.25, -0.2) is 9.48 Å². The van der Waals surface area contributed by atoms with Gasteiger partial charge in [-0.15, -0.1) is 0 Å². The van der Waals surface area contributed by atoms with Crippen LogP contribution in [0.1, 0.15) is 47.2 Å². The van der Waals surface area contributed by atoms with Crippen molar-refractivity contribution in [2.24, 2.45) is 0 Å². The molecule has 140 valence electrons. The van der Waals surface area contributed by atoms with E-state index in [0.29, 0.717) is 12.1 Å². The van der Waals surface area contributed by atoms with Crippen molar-refractivity contribution in [2.75, 3.05) is 4.90 Å². The van der Waals surface area contributed by atoms with Crippen molar-refractivity contribution in [3.8, 4) is 0 Å². The molecule has 0 N–H and O–H groups in total. The van der Waals surface area contributed by atoms with Gasteiger partial charge in [0.2, 0.25) is 6.34 Å². The first-order chi connectivity index (χ1) is 11.7. The van der Waals surface area contributed by atoms with Crippen LogP contribution < -0.4 is 17.3 Å². The average Bonchev–Trinajstić information content (AvgIpc) is 2.74. The summed E-state index contributed by atoms with van der Waals surface area (Å²) in [7, 11) is 0. The highest BCUT2D eigenvalue weighted by molar-refractivity contribution is 5.83. The Balaban J connectivity index is 0.00000243. The zero-order valence-electron chi connectivity index (χ0n) is 17.3. The Morgan fingerprint density at radius 1 is 0.731 bits per heavy atom. The van der Waals surface area contributed by atoms with Crippen LogP contribution in [0.15, 0.2) is 24.3 Å². The summed E-state index contributed by atoms with van der Waals surface area (Å²) >= 11 is 0. The van der Waals surface area contributed by atoms with E-state index in [1.54, 1.807) is 0 Å². The third-order valence-corrected chi connectivity index (χ3v) is 5.61. The Morgan fingerprint density at radius 2 is 1.15 bits per heavy atom. The van der Waals surface area contributed by atoms with E-state index in [1.807, 2.05) is 0 Å². The van der Waals surface area contributed by atoms with E-state index in [1.165, 1.54) is 44.8 Å². The molecule has 2 aromatic carbocycles. The summed E-state index contributed by atoms with van der Waals surface area (Å²) in [5, 5.41) is 0. The van der Waals surface area contributed by atoms with Crippen LogP contribution in [0.4, 0.5) is 11.4 Å². The molecule has 26 heavy (non-hydrogen) atoms. The van der Waals surface area contributed by atoms with Gasteiger partial charge in [0.05, 0.1) is 0 Å². The zero-order chi connectivity index (χ0) is 18.5. The SMILES string of the molecule is Cc1cc(C)c(N2C=[N+](c3c(C)cc(C)cc3C)[C@H](C)[C@H]2C)c(C)c1.[Cl-]. The molecule has 1 aliphatic heterocycles. The summed E-state index contributed by atoms with van der Waals surface area (Å²) in [5.74, 6) is 0. The highest BCUT2D eigenvalue weighted by Crippen LogP contribution is 2.34. The van der Waals surface area contributed by atoms with Gasteiger partial charge < -0.3 is 12.4 Å². The molecule has 0 amide bonds. The lowest BCUT2D eigenvalue weighted by atomic mass is 10.0.